The molecule has 4 rings (SSSR count). The molecule has 2 saturated heterocycles. The van der Waals surface area contributed by atoms with Crippen molar-refractivity contribution in [1.82, 2.24) is 14.3 Å². The smallest absolute Gasteiger partial charge is 0.251 e. The average Bonchev–Trinajstić information content (AvgIpc) is 3.28. The molecule has 0 bridgehead atoms. The largest absolute Gasteiger partial charge is 0.470 e. The quantitative estimate of drug-likeness (QED) is 0.559. The van der Waals surface area contributed by atoms with Gasteiger partial charge >= 0.3 is 0 Å². The van der Waals surface area contributed by atoms with Crippen LogP contribution in [0.2, 0.25) is 0 Å². The molecule has 1 aromatic rings. The molecule has 1 unspecified atom stereocenters. The third kappa shape index (κ3) is 6.35. The first kappa shape index (κ1) is 25.9. The third-order valence-electron chi connectivity index (χ3n) is 6.81. The van der Waals surface area contributed by atoms with Crippen LogP contribution in [-0.2, 0) is 14.8 Å². The zero-order valence-electron chi connectivity index (χ0n) is 19.6. The van der Waals surface area contributed by atoms with E-state index < -0.39 is 40.5 Å². The summed E-state index contributed by atoms with van der Waals surface area (Å²) in [6.45, 7) is 2.60. The second-order valence-corrected chi connectivity index (χ2v) is 11.8. The van der Waals surface area contributed by atoms with Crippen LogP contribution in [0, 0.1) is 11.3 Å². The maximum atomic E-state index is 13.7. The molecule has 13 heteroatoms. The van der Waals surface area contributed by atoms with E-state index in [1.807, 2.05) is 6.07 Å². The Morgan fingerprint density at radius 1 is 1.34 bits per heavy atom. The summed E-state index contributed by atoms with van der Waals surface area (Å²) in [6.07, 6.45) is 1.55. The number of aromatic nitrogens is 2. The molecule has 3 aliphatic rings. The van der Waals surface area contributed by atoms with Crippen LogP contribution in [0.25, 0.3) is 0 Å². The fourth-order valence-electron chi connectivity index (χ4n) is 4.88. The molecule has 10 nitrogen and oxygen atoms in total. The summed E-state index contributed by atoms with van der Waals surface area (Å²) in [6, 6.07) is 1.82. The first-order chi connectivity index (χ1) is 16.5. The van der Waals surface area contributed by atoms with Gasteiger partial charge in [-0.15, -0.1) is 0 Å². The van der Waals surface area contributed by atoms with Gasteiger partial charge < -0.3 is 19.9 Å². The number of halogens is 2. The van der Waals surface area contributed by atoms with E-state index in [4.69, 9.17) is 9.47 Å². The number of ether oxygens (including phenoxy) is 2. The molecule has 0 aromatic carbocycles. The van der Waals surface area contributed by atoms with E-state index in [9.17, 15) is 27.6 Å². The van der Waals surface area contributed by atoms with E-state index in [-0.39, 0.29) is 41.7 Å². The van der Waals surface area contributed by atoms with Crippen molar-refractivity contribution in [2.45, 2.75) is 81.6 Å². The van der Waals surface area contributed by atoms with Crippen LogP contribution >= 0.6 is 0 Å². The van der Waals surface area contributed by atoms with Crippen molar-refractivity contribution in [3.05, 3.63) is 11.8 Å². The minimum atomic E-state index is -3.40. The van der Waals surface area contributed by atoms with Crippen LogP contribution in [0.15, 0.2) is 6.20 Å². The van der Waals surface area contributed by atoms with Gasteiger partial charge in [-0.05, 0) is 39.0 Å². The van der Waals surface area contributed by atoms with E-state index in [1.165, 1.54) is 17.4 Å². The van der Waals surface area contributed by atoms with Crippen molar-refractivity contribution in [2.75, 3.05) is 30.8 Å². The Hall–Kier alpha value is -2.14. The second kappa shape index (κ2) is 10.1. The molecule has 35 heavy (non-hydrogen) atoms. The highest BCUT2D eigenvalue weighted by Gasteiger charge is 2.49. The van der Waals surface area contributed by atoms with Crippen molar-refractivity contribution in [3.8, 4) is 11.9 Å². The molecule has 0 spiro atoms. The van der Waals surface area contributed by atoms with Crippen molar-refractivity contribution in [1.29, 1.82) is 5.26 Å². The summed E-state index contributed by atoms with van der Waals surface area (Å²) in [4.78, 5) is 8.39. The number of sulfonamides is 1. The summed E-state index contributed by atoms with van der Waals surface area (Å²) >= 11 is 0. The molecule has 0 radical (unpaired) electrons. The lowest BCUT2D eigenvalue weighted by Crippen LogP contribution is -2.51. The number of hydrogen-bond acceptors (Lipinski definition) is 9. The Bertz CT molecular complexity index is 1050. The van der Waals surface area contributed by atoms with Gasteiger partial charge in [0.25, 0.3) is 5.92 Å². The van der Waals surface area contributed by atoms with E-state index in [1.54, 1.807) is 0 Å². The number of alkyl halides is 2. The first-order valence-electron chi connectivity index (χ1n) is 11.9. The maximum Gasteiger partial charge on any atom is 0.251 e. The molecule has 3 fully saturated rings. The van der Waals surface area contributed by atoms with E-state index in [0.717, 1.165) is 12.8 Å². The normalized spacial score (nSPS) is 30.0. The number of hydrogen-bond donors (Lipinski definition) is 2. The highest BCUT2D eigenvalue weighted by molar-refractivity contribution is 7.89. The van der Waals surface area contributed by atoms with Gasteiger partial charge in [0, 0.05) is 38.6 Å². The Morgan fingerprint density at radius 2 is 2.09 bits per heavy atom. The molecule has 0 amide bonds. The van der Waals surface area contributed by atoms with Crippen molar-refractivity contribution in [2.24, 2.45) is 0 Å². The van der Waals surface area contributed by atoms with Crippen molar-refractivity contribution in [3.63, 3.8) is 0 Å². The lowest BCUT2D eigenvalue weighted by molar-refractivity contribution is -0.162. The number of aliphatic hydroxyl groups is 1. The Labute approximate surface area is 203 Å². The van der Waals surface area contributed by atoms with Crippen LogP contribution in [0.3, 0.4) is 0 Å². The highest BCUT2D eigenvalue weighted by atomic mass is 32.2. The summed E-state index contributed by atoms with van der Waals surface area (Å²) in [5.74, 6) is -2.88. The average molecular weight is 516 g/mol. The van der Waals surface area contributed by atoms with Gasteiger partial charge in [-0.25, -0.2) is 26.5 Å². The number of nitrogens with zero attached hydrogens (tertiary/aromatic N) is 4. The Morgan fingerprint density at radius 3 is 2.71 bits per heavy atom. The van der Waals surface area contributed by atoms with E-state index in [0.29, 0.717) is 32.5 Å². The van der Waals surface area contributed by atoms with Gasteiger partial charge in [-0.2, -0.15) is 10.2 Å². The molecule has 1 aliphatic carbocycles. The van der Waals surface area contributed by atoms with Gasteiger partial charge in [0.1, 0.15) is 23.3 Å². The fourth-order valence-corrected chi connectivity index (χ4v) is 6.59. The predicted molar refractivity (Wildman–Crippen MR) is 122 cm³/mol. The summed E-state index contributed by atoms with van der Waals surface area (Å²) in [5.41, 5.74) is -1.76. The Kier molecular flexibility index (Phi) is 7.47. The number of nitriles is 1. The summed E-state index contributed by atoms with van der Waals surface area (Å²) in [5, 5.41) is 23.0. The number of piperidine rings is 1. The number of rotatable bonds is 7. The van der Waals surface area contributed by atoms with Crippen molar-refractivity contribution < 1.29 is 31.8 Å². The third-order valence-corrected chi connectivity index (χ3v) is 8.76. The minimum absolute atomic E-state index is 0.00139. The van der Waals surface area contributed by atoms with Gasteiger partial charge in [-0.1, -0.05) is 0 Å². The lowest BCUT2D eigenvalue weighted by Gasteiger charge is -2.40. The van der Waals surface area contributed by atoms with Gasteiger partial charge in [-0.3, -0.25) is 0 Å². The molecule has 1 aromatic heterocycles. The molecule has 3 heterocycles. The van der Waals surface area contributed by atoms with Crippen LogP contribution < -0.4 is 10.1 Å². The zero-order valence-corrected chi connectivity index (χ0v) is 20.4. The van der Waals surface area contributed by atoms with E-state index in [2.05, 4.69) is 15.3 Å². The molecule has 3 atom stereocenters. The van der Waals surface area contributed by atoms with Gasteiger partial charge in [0.05, 0.1) is 18.1 Å². The molecular weight excluding hydrogens is 484 g/mol. The van der Waals surface area contributed by atoms with Crippen LogP contribution in [0.5, 0.6) is 5.88 Å². The summed E-state index contributed by atoms with van der Waals surface area (Å²) in [7, 11) is -3.40. The molecule has 1 saturated carbocycles. The Balaban J connectivity index is 1.36. The highest BCUT2D eigenvalue weighted by Crippen LogP contribution is 2.41. The van der Waals surface area contributed by atoms with Crippen LogP contribution in [0.4, 0.5) is 14.7 Å². The molecule has 194 valence electrons. The fraction of sp³-hybridized carbons (Fsp3) is 0.773. The zero-order chi connectivity index (χ0) is 25.3. The molecule has 2 aliphatic heterocycles. The SMILES string of the molecule is C[C@]1(O)CC(F)(F)CC[C@H]1Oc1nc(NC2CCN(S(=O)(=O)CC3CCCO3)CC2)ncc1C#N. The second-order valence-electron chi connectivity index (χ2n) is 9.79. The lowest BCUT2D eigenvalue weighted by atomic mass is 9.81. The predicted octanol–water partition coefficient (Wildman–Crippen LogP) is 2.05. The monoisotopic (exact) mass is 515 g/mol. The molecular formula is C22H31F2N5O5S. The van der Waals surface area contributed by atoms with Crippen molar-refractivity contribution >= 4 is 16.0 Å². The number of anilines is 1. The minimum Gasteiger partial charge on any atom is -0.470 e. The molecule has 2 N–H and O–H groups in total. The van der Waals surface area contributed by atoms with Gasteiger partial charge in [0.15, 0.2) is 0 Å². The standard InChI is InChI=1S/C22H31F2N5O5S/c1-21(30)14-22(23,24)7-4-18(21)34-19-15(11-25)12-26-20(28-19)27-16-5-8-29(9-6-16)35(31,32)13-17-3-2-10-33-17/h12,16-18,30H,2-10,13-14H2,1H3,(H,26,27,28)/t17?,18-,21+/m1/s1. The van der Waals surface area contributed by atoms with E-state index >= 15 is 0 Å². The van der Waals surface area contributed by atoms with Crippen LogP contribution in [-0.4, -0.2) is 83.0 Å². The topological polar surface area (TPSA) is 138 Å². The maximum absolute atomic E-state index is 13.7. The first-order valence-corrected chi connectivity index (χ1v) is 13.5. The van der Waals surface area contributed by atoms with Crippen LogP contribution in [0.1, 0.15) is 57.4 Å². The van der Waals surface area contributed by atoms with Gasteiger partial charge in [0.2, 0.25) is 21.9 Å². The number of nitrogens with one attached hydrogen (secondary N) is 1. The summed E-state index contributed by atoms with van der Waals surface area (Å²) < 4.78 is 65.5.